The van der Waals surface area contributed by atoms with Crippen molar-refractivity contribution in [3.63, 3.8) is 0 Å². The van der Waals surface area contributed by atoms with Crippen molar-refractivity contribution in [3.05, 3.63) is 29.3 Å². The molecule has 3 rings (SSSR count). The molecule has 1 aromatic carbocycles. The van der Waals surface area contributed by atoms with Gasteiger partial charge in [0, 0.05) is 19.1 Å². The number of likely N-dealkylation sites (tertiary alicyclic amines) is 1. The van der Waals surface area contributed by atoms with Crippen molar-refractivity contribution in [2.45, 2.75) is 38.0 Å². The van der Waals surface area contributed by atoms with Gasteiger partial charge in [0.1, 0.15) is 0 Å². The molecule has 6 heteroatoms. The molecule has 1 fully saturated rings. The number of hydrogen-bond donors (Lipinski definition) is 1. The Morgan fingerprint density at radius 3 is 2.76 bits per heavy atom. The second-order valence-electron chi connectivity index (χ2n) is 5.98. The highest BCUT2D eigenvalue weighted by Gasteiger charge is 2.32. The van der Waals surface area contributed by atoms with Gasteiger partial charge in [-0.3, -0.25) is 0 Å². The Bertz CT molecular complexity index is 630. The quantitative estimate of drug-likeness (QED) is 0.911. The molecule has 0 amide bonds. The molecule has 1 aromatic rings. The number of nitrogens with zero attached hydrogens (tertiary/aromatic N) is 1. The number of benzene rings is 1. The zero-order chi connectivity index (χ0) is 15.0. The minimum absolute atomic E-state index is 0.0144. The van der Waals surface area contributed by atoms with Crippen molar-refractivity contribution in [1.29, 1.82) is 0 Å². The van der Waals surface area contributed by atoms with Crippen LogP contribution in [-0.4, -0.2) is 39.0 Å². The van der Waals surface area contributed by atoms with E-state index in [1.54, 1.807) is 12.1 Å². The van der Waals surface area contributed by atoms with Crippen molar-refractivity contribution in [2.75, 3.05) is 19.6 Å². The van der Waals surface area contributed by atoms with Crippen LogP contribution in [0.1, 0.15) is 25.0 Å². The lowest BCUT2D eigenvalue weighted by atomic mass is 10.1. The van der Waals surface area contributed by atoms with Gasteiger partial charge in [-0.2, -0.15) is 0 Å². The van der Waals surface area contributed by atoms with E-state index in [4.69, 9.17) is 4.74 Å². The molecule has 0 bridgehead atoms. The van der Waals surface area contributed by atoms with Gasteiger partial charge >= 0.3 is 0 Å². The number of fused-ring (bicyclic) bond motifs is 1. The Morgan fingerprint density at radius 1 is 1.29 bits per heavy atom. The van der Waals surface area contributed by atoms with Crippen LogP contribution < -0.4 is 4.72 Å². The molecule has 2 aliphatic rings. The van der Waals surface area contributed by atoms with Gasteiger partial charge in [-0.15, -0.1) is 0 Å². The van der Waals surface area contributed by atoms with Crippen molar-refractivity contribution in [2.24, 2.45) is 5.92 Å². The second-order valence-corrected chi connectivity index (χ2v) is 7.69. The van der Waals surface area contributed by atoms with Gasteiger partial charge < -0.3 is 9.64 Å². The average molecular weight is 310 g/mol. The van der Waals surface area contributed by atoms with E-state index in [1.165, 1.54) is 0 Å². The maximum Gasteiger partial charge on any atom is 0.240 e. The standard InChI is InChI=1S/C15H22N2O3S/c1-3-17-7-11(2)15(8-17)16-21(18,19)14-5-4-12-9-20-10-13(12)6-14/h4-6,11,15-16H,3,7-10H2,1-2H3. The SMILES string of the molecule is CCN1CC(C)C(NS(=O)(=O)c2ccc3c(c2)COC3)C1. The minimum atomic E-state index is -3.46. The lowest BCUT2D eigenvalue weighted by Gasteiger charge is -2.17. The number of hydrogen-bond acceptors (Lipinski definition) is 4. The van der Waals surface area contributed by atoms with E-state index >= 15 is 0 Å². The molecule has 21 heavy (non-hydrogen) atoms. The predicted molar refractivity (Wildman–Crippen MR) is 80.3 cm³/mol. The number of sulfonamides is 1. The fourth-order valence-corrected chi connectivity index (χ4v) is 4.45. The van der Waals surface area contributed by atoms with Gasteiger partial charge in [0.15, 0.2) is 0 Å². The fraction of sp³-hybridized carbons (Fsp3) is 0.600. The molecule has 2 unspecified atom stereocenters. The molecule has 0 radical (unpaired) electrons. The molecule has 2 heterocycles. The summed E-state index contributed by atoms with van der Waals surface area (Å²) in [6.45, 7) is 7.96. The van der Waals surface area contributed by atoms with Gasteiger partial charge in [0.25, 0.3) is 0 Å². The van der Waals surface area contributed by atoms with Crippen LogP contribution in [0.4, 0.5) is 0 Å². The Hall–Kier alpha value is -0.950. The van der Waals surface area contributed by atoms with Crippen LogP contribution in [0, 0.1) is 5.92 Å². The minimum Gasteiger partial charge on any atom is -0.372 e. The first-order valence-electron chi connectivity index (χ1n) is 7.44. The first-order chi connectivity index (χ1) is 9.99. The van der Waals surface area contributed by atoms with E-state index in [-0.39, 0.29) is 6.04 Å². The normalized spacial score (nSPS) is 26.2. The van der Waals surface area contributed by atoms with Crippen LogP contribution in [0.3, 0.4) is 0 Å². The molecule has 1 N–H and O–H groups in total. The van der Waals surface area contributed by atoms with Gasteiger partial charge in [-0.25, -0.2) is 13.1 Å². The van der Waals surface area contributed by atoms with Crippen molar-refractivity contribution < 1.29 is 13.2 Å². The molecule has 0 aromatic heterocycles. The maximum atomic E-state index is 12.6. The lowest BCUT2D eigenvalue weighted by Crippen LogP contribution is -2.39. The van der Waals surface area contributed by atoms with Crippen LogP contribution >= 0.6 is 0 Å². The molecule has 1 saturated heterocycles. The van der Waals surface area contributed by atoms with Gasteiger partial charge in [-0.1, -0.05) is 19.9 Å². The predicted octanol–water partition coefficient (Wildman–Crippen LogP) is 1.34. The van der Waals surface area contributed by atoms with Crippen LogP contribution in [0.15, 0.2) is 23.1 Å². The van der Waals surface area contributed by atoms with E-state index in [2.05, 4.69) is 23.5 Å². The summed E-state index contributed by atoms with van der Waals surface area (Å²) < 4.78 is 33.3. The molecule has 116 valence electrons. The highest BCUT2D eigenvalue weighted by molar-refractivity contribution is 7.89. The highest BCUT2D eigenvalue weighted by atomic mass is 32.2. The van der Waals surface area contributed by atoms with E-state index in [1.807, 2.05) is 6.07 Å². The summed E-state index contributed by atoms with van der Waals surface area (Å²) in [5.74, 6) is 0.331. The molecule has 0 aliphatic carbocycles. The molecular formula is C15H22N2O3S. The summed E-state index contributed by atoms with van der Waals surface area (Å²) in [4.78, 5) is 2.61. The largest absolute Gasteiger partial charge is 0.372 e. The van der Waals surface area contributed by atoms with E-state index in [9.17, 15) is 8.42 Å². The maximum absolute atomic E-state index is 12.6. The first-order valence-corrected chi connectivity index (χ1v) is 8.92. The van der Waals surface area contributed by atoms with Gasteiger partial charge in [0.2, 0.25) is 10.0 Å². The number of nitrogens with one attached hydrogen (secondary N) is 1. The van der Waals surface area contributed by atoms with Crippen molar-refractivity contribution in [1.82, 2.24) is 9.62 Å². The third-order valence-corrected chi connectivity index (χ3v) is 5.93. The van der Waals surface area contributed by atoms with E-state index in [0.717, 1.165) is 30.8 Å². The Morgan fingerprint density at radius 2 is 2.05 bits per heavy atom. The number of ether oxygens (including phenoxy) is 1. The van der Waals surface area contributed by atoms with Gasteiger partial charge in [0.05, 0.1) is 18.1 Å². The molecule has 0 saturated carbocycles. The van der Waals surface area contributed by atoms with Gasteiger partial charge in [-0.05, 0) is 35.7 Å². The summed E-state index contributed by atoms with van der Waals surface area (Å²) in [5, 5.41) is 0. The smallest absolute Gasteiger partial charge is 0.240 e. The van der Waals surface area contributed by atoms with Crippen LogP contribution in [-0.2, 0) is 28.0 Å². The zero-order valence-electron chi connectivity index (χ0n) is 12.5. The Labute approximate surface area is 126 Å². The second kappa shape index (κ2) is 5.68. The van der Waals surface area contributed by atoms with Crippen LogP contribution in [0.2, 0.25) is 0 Å². The Kier molecular flexibility index (Phi) is 4.05. The van der Waals surface area contributed by atoms with Crippen LogP contribution in [0.25, 0.3) is 0 Å². The summed E-state index contributed by atoms with van der Waals surface area (Å²) in [6.07, 6.45) is 0. The zero-order valence-corrected chi connectivity index (χ0v) is 13.3. The molecule has 2 atom stereocenters. The van der Waals surface area contributed by atoms with Crippen LogP contribution in [0.5, 0.6) is 0 Å². The van der Waals surface area contributed by atoms with Crippen molar-refractivity contribution in [3.8, 4) is 0 Å². The number of likely N-dealkylation sites (N-methyl/N-ethyl adjacent to an activating group) is 1. The third-order valence-electron chi connectivity index (χ3n) is 4.44. The molecular weight excluding hydrogens is 288 g/mol. The topological polar surface area (TPSA) is 58.6 Å². The summed E-state index contributed by atoms with van der Waals surface area (Å²) in [7, 11) is -3.46. The lowest BCUT2D eigenvalue weighted by molar-refractivity contribution is 0.134. The Balaban J connectivity index is 1.78. The number of rotatable bonds is 4. The molecule has 0 spiro atoms. The molecule has 5 nitrogen and oxygen atoms in total. The summed E-state index contributed by atoms with van der Waals surface area (Å²) >= 11 is 0. The monoisotopic (exact) mass is 310 g/mol. The summed E-state index contributed by atoms with van der Waals surface area (Å²) in [6, 6.07) is 5.25. The third kappa shape index (κ3) is 2.99. The van der Waals surface area contributed by atoms with E-state index in [0.29, 0.717) is 24.0 Å². The fourth-order valence-electron chi connectivity index (χ4n) is 3.06. The van der Waals surface area contributed by atoms with Crippen molar-refractivity contribution >= 4 is 10.0 Å². The highest BCUT2D eigenvalue weighted by Crippen LogP contribution is 2.24. The average Bonchev–Trinajstić information content (AvgIpc) is 3.04. The first kappa shape index (κ1) is 15.0. The molecule has 2 aliphatic heterocycles. The summed E-state index contributed by atoms with van der Waals surface area (Å²) in [5.41, 5.74) is 2.06. The van der Waals surface area contributed by atoms with E-state index < -0.39 is 10.0 Å².